The van der Waals surface area contributed by atoms with Crippen molar-refractivity contribution in [3.8, 4) is 5.88 Å². The average molecular weight is 157 g/mol. The van der Waals surface area contributed by atoms with E-state index < -0.39 is 7.27 Å². The van der Waals surface area contributed by atoms with Gasteiger partial charge in [-0.15, -0.1) is 0 Å². The topological polar surface area (TPSA) is 22.1 Å². The van der Waals surface area contributed by atoms with Gasteiger partial charge in [-0.1, -0.05) is 6.07 Å². The summed E-state index contributed by atoms with van der Waals surface area (Å²) in [6.07, 6.45) is 0. The molecule has 0 radical (unpaired) electrons. The summed E-state index contributed by atoms with van der Waals surface area (Å²) in [5, 5.41) is 0. The monoisotopic (exact) mass is 157 g/mol. The van der Waals surface area contributed by atoms with E-state index in [0.717, 1.165) is 0 Å². The van der Waals surface area contributed by atoms with E-state index in [-0.39, 0.29) is 11.5 Å². The second kappa shape index (κ2) is 3.32. The summed E-state index contributed by atoms with van der Waals surface area (Å²) in [5.74, 6) is 0.211. The summed E-state index contributed by atoms with van der Waals surface area (Å²) in [5.41, 5.74) is -0.260. The van der Waals surface area contributed by atoms with E-state index in [1.54, 1.807) is 0 Å². The van der Waals surface area contributed by atoms with E-state index in [1.807, 2.05) is 0 Å². The number of hydrogen-bond donors (Lipinski definition) is 0. The molecule has 0 spiro atoms. The van der Waals surface area contributed by atoms with Crippen molar-refractivity contribution < 1.29 is 13.4 Å². The Balaban J connectivity index is 2.91. The summed E-state index contributed by atoms with van der Waals surface area (Å²) in [4.78, 5) is 3.52. The Bertz CT molecular complexity index is 244. The minimum absolute atomic E-state index is 0.211. The molecule has 0 amide bonds. The summed E-state index contributed by atoms with van der Waals surface area (Å²) in [7, 11) is -1.15. The average Bonchev–Trinajstić information content (AvgIpc) is 2.05. The molecule has 1 rings (SSSR count). The van der Waals surface area contributed by atoms with Gasteiger partial charge in [-0.3, -0.25) is 8.63 Å². The fraction of sp³-hybridized carbons (Fsp3) is 0.167. The molecule has 0 bridgehead atoms. The number of rotatable bonds is 2. The Labute approximate surface area is 63.4 Å². The SMILES string of the molecule is COc1cccc(B(F)F)n1. The van der Waals surface area contributed by atoms with Crippen molar-refractivity contribution in [3.05, 3.63) is 18.2 Å². The molecule has 0 saturated carbocycles. The highest BCUT2D eigenvalue weighted by molar-refractivity contribution is 6.58. The summed E-state index contributed by atoms with van der Waals surface area (Å²) < 4.78 is 28.6. The van der Waals surface area contributed by atoms with E-state index in [4.69, 9.17) is 0 Å². The minimum atomic E-state index is -2.54. The highest BCUT2D eigenvalue weighted by Gasteiger charge is 2.17. The first-order valence-corrected chi connectivity index (χ1v) is 3.03. The van der Waals surface area contributed by atoms with Gasteiger partial charge in [-0.25, -0.2) is 4.98 Å². The predicted molar refractivity (Wildman–Crippen MR) is 38.4 cm³/mol. The van der Waals surface area contributed by atoms with Crippen molar-refractivity contribution in [1.29, 1.82) is 0 Å². The Morgan fingerprint density at radius 1 is 1.45 bits per heavy atom. The number of aromatic nitrogens is 1. The van der Waals surface area contributed by atoms with Crippen LogP contribution in [0.25, 0.3) is 0 Å². The van der Waals surface area contributed by atoms with Gasteiger partial charge < -0.3 is 4.74 Å². The van der Waals surface area contributed by atoms with Gasteiger partial charge in [0.2, 0.25) is 5.88 Å². The van der Waals surface area contributed by atoms with Crippen molar-refractivity contribution in [2.45, 2.75) is 0 Å². The maximum atomic E-state index is 12.0. The largest absolute Gasteiger partial charge is 0.590 e. The van der Waals surface area contributed by atoms with E-state index in [0.29, 0.717) is 0 Å². The molecular weight excluding hydrogens is 151 g/mol. The van der Waals surface area contributed by atoms with E-state index >= 15 is 0 Å². The zero-order chi connectivity index (χ0) is 8.27. The number of pyridine rings is 1. The molecule has 0 N–H and O–H groups in total. The lowest BCUT2D eigenvalue weighted by molar-refractivity contribution is 0.398. The fourth-order valence-corrected chi connectivity index (χ4v) is 0.666. The molecule has 2 nitrogen and oxygen atoms in total. The van der Waals surface area contributed by atoms with E-state index in [2.05, 4.69) is 9.72 Å². The van der Waals surface area contributed by atoms with Crippen molar-refractivity contribution >= 4 is 12.9 Å². The first kappa shape index (κ1) is 7.98. The maximum absolute atomic E-state index is 12.0. The molecule has 5 heteroatoms. The van der Waals surface area contributed by atoms with Crippen LogP contribution in [0.15, 0.2) is 18.2 Å². The molecule has 1 aromatic rings. The van der Waals surface area contributed by atoms with Crippen LogP contribution in [-0.4, -0.2) is 19.4 Å². The molecule has 0 aliphatic rings. The molecular formula is C6H6BF2NO. The van der Waals surface area contributed by atoms with Crippen molar-refractivity contribution in [3.63, 3.8) is 0 Å². The van der Waals surface area contributed by atoms with Gasteiger partial charge in [0.25, 0.3) is 0 Å². The number of ether oxygens (including phenoxy) is 1. The summed E-state index contributed by atoms with van der Waals surface area (Å²) >= 11 is 0. The molecule has 11 heavy (non-hydrogen) atoms. The fourth-order valence-electron chi connectivity index (χ4n) is 0.666. The van der Waals surface area contributed by atoms with Crippen LogP contribution in [0.1, 0.15) is 0 Å². The highest BCUT2D eigenvalue weighted by atomic mass is 19.2. The van der Waals surface area contributed by atoms with Crippen LogP contribution in [-0.2, 0) is 0 Å². The van der Waals surface area contributed by atoms with Crippen molar-refractivity contribution in [1.82, 2.24) is 4.98 Å². The lowest BCUT2D eigenvalue weighted by Crippen LogP contribution is -2.23. The third kappa shape index (κ3) is 1.90. The number of halogens is 2. The van der Waals surface area contributed by atoms with Gasteiger partial charge in [0.05, 0.1) is 12.7 Å². The first-order valence-electron chi connectivity index (χ1n) is 3.03. The van der Waals surface area contributed by atoms with Crippen molar-refractivity contribution in [2.75, 3.05) is 7.11 Å². The Morgan fingerprint density at radius 2 is 2.18 bits per heavy atom. The minimum Gasteiger partial charge on any atom is -0.481 e. The molecule has 0 aliphatic carbocycles. The second-order valence-electron chi connectivity index (χ2n) is 1.91. The molecule has 0 unspecified atom stereocenters. The van der Waals surface area contributed by atoms with Gasteiger partial charge >= 0.3 is 7.27 Å². The Kier molecular flexibility index (Phi) is 2.41. The molecule has 1 aromatic heterocycles. The first-order chi connectivity index (χ1) is 5.24. The normalized spacial score (nSPS) is 9.36. The summed E-state index contributed by atoms with van der Waals surface area (Å²) in [6.45, 7) is 0. The van der Waals surface area contributed by atoms with Crippen LogP contribution in [0.4, 0.5) is 8.63 Å². The lowest BCUT2D eigenvalue weighted by Gasteiger charge is -1.98. The second-order valence-corrected chi connectivity index (χ2v) is 1.91. The number of methoxy groups -OCH3 is 1. The van der Waals surface area contributed by atoms with Crippen LogP contribution in [0.3, 0.4) is 0 Å². The maximum Gasteiger partial charge on any atom is 0.590 e. The van der Waals surface area contributed by atoms with Gasteiger partial charge in [0.15, 0.2) is 0 Å². The number of hydrogen-bond acceptors (Lipinski definition) is 2. The number of nitrogens with zero attached hydrogens (tertiary/aromatic N) is 1. The predicted octanol–water partition coefficient (Wildman–Crippen LogP) is 0.724. The molecule has 1 heterocycles. The van der Waals surface area contributed by atoms with Crippen LogP contribution < -0.4 is 10.3 Å². The molecule has 0 aliphatic heterocycles. The third-order valence-corrected chi connectivity index (χ3v) is 1.18. The molecule has 0 fully saturated rings. The van der Waals surface area contributed by atoms with Gasteiger partial charge in [0.1, 0.15) is 0 Å². The molecule has 0 atom stereocenters. The third-order valence-electron chi connectivity index (χ3n) is 1.18. The van der Waals surface area contributed by atoms with Crippen LogP contribution in [0.2, 0.25) is 0 Å². The summed E-state index contributed by atoms with van der Waals surface area (Å²) in [6, 6.07) is 4.26. The molecule has 0 aromatic carbocycles. The van der Waals surface area contributed by atoms with Crippen LogP contribution >= 0.6 is 0 Å². The standard InChI is InChI=1S/C6H6BF2NO/c1-11-6-4-2-3-5(10-6)7(8)9/h2-4H,1H3. The smallest absolute Gasteiger partial charge is 0.481 e. The Hall–Kier alpha value is -1.13. The van der Waals surface area contributed by atoms with Crippen LogP contribution in [0.5, 0.6) is 5.88 Å². The van der Waals surface area contributed by atoms with E-state index in [9.17, 15) is 8.63 Å². The van der Waals surface area contributed by atoms with Gasteiger partial charge in [0, 0.05) is 6.07 Å². The van der Waals surface area contributed by atoms with Crippen molar-refractivity contribution in [2.24, 2.45) is 0 Å². The zero-order valence-corrected chi connectivity index (χ0v) is 5.92. The van der Waals surface area contributed by atoms with E-state index in [1.165, 1.54) is 25.3 Å². The van der Waals surface area contributed by atoms with Gasteiger partial charge in [-0.2, -0.15) is 0 Å². The quantitative estimate of drug-likeness (QED) is 0.590. The van der Waals surface area contributed by atoms with Crippen LogP contribution in [0, 0.1) is 0 Å². The molecule has 58 valence electrons. The molecule has 0 saturated heterocycles. The lowest BCUT2D eigenvalue weighted by atomic mass is 9.92. The highest BCUT2D eigenvalue weighted by Crippen LogP contribution is 2.01. The Morgan fingerprint density at radius 3 is 2.73 bits per heavy atom. The zero-order valence-electron chi connectivity index (χ0n) is 5.92. The van der Waals surface area contributed by atoms with Gasteiger partial charge in [-0.05, 0) is 6.07 Å².